The maximum atomic E-state index is 5.68. The van der Waals surface area contributed by atoms with Gasteiger partial charge in [-0.2, -0.15) is 5.10 Å². The molecule has 0 aromatic carbocycles. The molecule has 1 heterocycles. The van der Waals surface area contributed by atoms with Crippen molar-refractivity contribution in [2.75, 3.05) is 13.7 Å². The summed E-state index contributed by atoms with van der Waals surface area (Å²) in [4.78, 5) is 0. The number of halogens is 1. The minimum Gasteiger partial charge on any atom is -0.377 e. The zero-order chi connectivity index (χ0) is 13.7. The molecular weight excluding hydrogens is 294 g/mol. The number of nitrogens with zero attached hydrogens (tertiary/aromatic N) is 2. The van der Waals surface area contributed by atoms with Gasteiger partial charge in [0.25, 0.3) is 0 Å². The molecule has 0 saturated heterocycles. The van der Waals surface area contributed by atoms with Crippen LogP contribution in [0.25, 0.3) is 0 Å². The topological polar surface area (TPSA) is 39.1 Å². The van der Waals surface area contributed by atoms with E-state index in [1.807, 2.05) is 20.9 Å². The summed E-state index contributed by atoms with van der Waals surface area (Å²) in [6, 6.07) is 0.294. The van der Waals surface area contributed by atoms with E-state index >= 15 is 0 Å². The highest BCUT2D eigenvalue weighted by molar-refractivity contribution is 9.10. The molecule has 0 aliphatic rings. The molecule has 5 heteroatoms. The maximum absolute atomic E-state index is 5.68. The Labute approximate surface area is 118 Å². The monoisotopic (exact) mass is 317 g/mol. The lowest BCUT2D eigenvalue weighted by Crippen LogP contribution is -2.40. The normalized spacial score (nSPS) is 14.8. The van der Waals surface area contributed by atoms with Crippen molar-refractivity contribution in [3.8, 4) is 0 Å². The van der Waals surface area contributed by atoms with Crippen LogP contribution in [0.1, 0.15) is 32.2 Å². The molecule has 0 aliphatic heterocycles. The average molecular weight is 318 g/mol. The van der Waals surface area contributed by atoms with Gasteiger partial charge in [-0.05, 0) is 50.7 Å². The molecule has 18 heavy (non-hydrogen) atoms. The molecule has 0 fully saturated rings. The van der Waals surface area contributed by atoms with Gasteiger partial charge in [-0.3, -0.25) is 4.68 Å². The quantitative estimate of drug-likeness (QED) is 0.840. The molecule has 1 N–H and O–H groups in total. The molecule has 1 aromatic rings. The van der Waals surface area contributed by atoms with E-state index in [2.05, 4.69) is 44.9 Å². The van der Waals surface area contributed by atoms with Crippen molar-refractivity contribution in [1.82, 2.24) is 15.1 Å². The molecule has 1 rings (SSSR count). The number of aryl methyl sites for hydroxylation is 2. The van der Waals surface area contributed by atoms with Crippen LogP contribution in [0.15, 0.2) is 4.47 Å². The smallest absolute Gasteiger partial charge is 0.0738 e. The van der Waals surface area contributed by atoms with Crippen LogP contribution in [-0.2, 0) is 17.7 Å². The summed E-state index contributed by atoms with van der Waals surface area (Å²) >= 11 is 3.64. The van der Waals surface area contributed by atoms with Gasteiger partial charge in [0, 0.05) is 25.6 Å². The first kappa shape index (κ1) is 15.7. The number of hydrogen-bond acceptors (Lipinski definition) is 3. The Morgan fingerprint density at radius 2 is 2.11 bits per heavy atom. The van der Waals surface area contributed by atoms with Gasteiger partial charge in [-0.1, -0.05) is 0 Å². The largest absolute Gasteiger partial charge is 0.377 e. The standard InChI is InChI=1S/C13H24BrN3O/c1-6-17-12(13(14)9(3)16-17)8-11(15-5)10(4)18-7-2/h10-11,15H,6-8H2,1-5H3. The van der Waals surface area contributed by atoms with E-state index in [1.165, 1.54) is 5.69 Å². The third kappa shape index (κ3) is 3.56. The number of aromatic nitrogens is 2. The molecule has 0 saturated carbocycles. The van der Waals surface area contributed by atoms with Gasteiger partial charge in [-0.25, -0.2) is 0 Å². The molecule has 0 aliphatic carbocycles. The first-order valence-electron chi connectivity index (χ1n) is 6.55. The molecule has 1 aromatic heterocycles. The number of ether oxygens (including phenoxy) is 1. The van der Waals surface area contributed by atoms with E-state index in [4.69, 9.17) is 4.74 Å². The van der Waals surface area contributed by atoms with Gasteiger partial charge in [0.1, 0.15) is 0 Å². The summed E-state index contributed by atoms with van der Waals surface area (Å²) in [5.74, 6) is 0. The van der Waals surface area contributed by atoms with Crippen molar-refractivity contribution in [3.63, 3.8) is 0 Å². The molecule has 104 valence electrons. The minimum atomic E-state index is 0.187. The molecule has 2 unspecified atom stereocenters. The van der Waals surface area contributed by atoms with Crippen molar-refractivity contribution < 1.29 is 4.74 Å². The maximum Gasteiger partial charge on any atom is 0.0738 e. The molecule has 0 bridgehead atoms. The SMILES string of the molecule is CCOC(C)C(Cc1c(Br)c(C)nn1CC)NC. The Bertz CT molecular complexity index is 379. The van der Waals surface area contributed by atoms with Gasteiger partial charge in [0.2, 0.25) is 0 Å². The lowest BCUT2D eigenvalue weighted by molar-refractivity contribution is 0.0491. The Balaban J connectivity index is 2.87. The van der Waals surface area contributed by atoms with Crippen LogP contribution in [0.4, 0.5) is 0 Å². The lowest BCUT2D eigenvalue weighted by atomic mass is 10.1. The van der Waals surface area contributed by atoms with Crippen molar-refractivity contribution >= 4 is 15.9 Å². The summed E-state index contributed by atoms with van der Waals surface area (Å²) in [7, 11) is 1.98. The minimum absolute atomic E-state index is 0.187. The van der Waals surface area contributed by atoms with Crippen LogP contribution in [-0.4, -0.2) is 35.6 Å². The second-order valence-corrected chi connectivity index (χ2v) is 5.21. The average Bonchev–Trinajstić information content (AvgIpc) is 2.62. The second-order valence-electron chi connectivity index (χ2n) is 4.42. The summed E-state index contributed by atoms with van der Waals surface area (Å²) in [6.07, 6.45) is 1.10. The van der Waals surface area contributed by atoms with Crippen molar-refractivity contribution in [2.45, 2.75) is 52.8 Å². The van der Waals surface area contributed by atoms with Gasteiger partial charge in [-0.15, -0.1) is 0 Å². The molecule has 4 nitrogen and oxygen atoms in total. The first-order chi connectivity index (χ1) is 8.54. The number of hydrogen-bond donors (Lipinski definition) is 1. The fraction of sp³-hybridized carbons (Fsp3) is 0.769. The van der Waals surface area contributed by atoms with Crippen molar-refractivity contribution in [2.24, 2.45) is 0 Å². The summed E-state index contributed by atoms with van der Waals surface area (Å²) in [6.45, 7) is 9.91. The Hall–Kier alpha value is -0.390. The zero-order valence-corrected chi connectivity index (χ0v) is 13.5. The Morgan fingerprint density at radius 1 is 1.44 bits per heavy atom. The van der Waals surface area contributed by atoms with E-state index in [9.17, 15) is 0 Å². The van der Waals surface area contributed by atoms with E-state index < -0.39 is 0 Å². The van der Waals surface area contributed by atoms with E-state index in [0.717, 1.165) is 29.7 Å². The second kappa shape index (κ2) is 7.26. The van der Waals surface area contributed by atoms with Crippen LogP contribution in [0.2, 0.25) is 0 Å². The predicted octanol–water partition coefficient (Wildman–Crippen LogP) is 2.53. The molecular formula is C13H24BrN3O. The highest BCUT2D eigenvalue weighted by Crippen LogP contribution is 2.23. The molecule has 0 radical (unpaired) electrons. The summed E-state index contributed by atoms with van der Waals surface area (Å²) in [5, 5.41) is 7.86. The fourth-order valence-corrected chi connectivity index (χ4v) is 2.60. The Kier molecular flexibility index (Phi) is 6.32. The van der Waals surface area contributed by atoms with Gasteiger partial charge >= 0.3 is 0 Å². The van der Waals surface area contributed by atoms with E-state index in [-0.39, 0.29) is 6.10 Å². The Morgan fingerprint density at radius 3 is 2.61 bits per heavy atom. The number of nitrogens with one attached hydrogen (secondary N) is 1. The van der Waals surface area contributed by atoms with E-state index in [0.29, 0.717) is 6.04 Å². The number of likely N-dealkylation sites (N-methyl/N-ethyl adjacent to an activating group) is 1. The van der Waals surface area contributed by atoms with Crippen LogP contribution in [0.5, 0.6) is 0 Å². The fourth-order valence-electron chi connectivity index (χ4n) is 2.15. The molecule has 0 amide bonds. The lowest BCUT2D eigenvalue weighted by Gasteiger charge is -2.23. The van der Waals surface area contributed by atoms with Crippen molar-refractivity contribution in [3.05, 3.63) is 15.9 Å². The third-order valence-corrected chi connectivity index (χ3v) is 4.26. The predicted molar refractivity (Wildman–Crippen MR) is 78.0 cm³/mol. The highest BCUT2D eigenvalue weighted by Gasteiger charge is 2.21. The summed E-state index contributed by atoms with van der Waals surface area (Å²) < 4.78 is 8.86. The third-order valence-electron chi connectivity index (χ3n) is 3.23. The van der Waals surface area contributed by atoms with Gasteiger partial charge < -0.3 is 10.1 Å². The van der Waals surface area contributed by atoms with Crippen molar-refractivity contribution in [1.29, 1.82) is 0 Å². The summed E-state index contributed by atoms with van der Waals surface area (Å²) in [5.41, 5.74) is 2.28. The van der Waals surface area contributed by atoms with Gasteiger partial charge in [0.15, 0.2) is 0 Å². The number of rotatable bonds is 7. The van der Waals surface area contributed by atoms with Crippen LogP contribution in [0.3, 0.4) is 0 Å². The molecule has 0 spiro atoms. The zero-order valence-electron chi connectivity index (χ0n) is 12.0. The van der Waals surface area contributed by atoms with Crippen LogP contribution >= 0.6 is 15.9 Å². The first-order valence-corrected chi connectivity index (χ1v) is 7.35. The highest BCUT2D eigenvalue weighted by atomic mass is 79.9. The van der Waals surface area contributed by atoms with Crippen LogP contribution < -0.4 is 5.32 Å². The molecule has 2 atom stereocenters. The van der Waals surface area contributed by atoms with Gasteiger partial charge in [0.05, 0.1) is 22.0 Å². The van der Waals surface area contributed by atoms with E-state index in [1.54, 1.807) is 0 Å². The van der Waals surface area contributed by atoms with Crippen LogP contribution in [0, 0.1) is 6.92 Å².